The number of sulfonamides is 1. The third-order valence-corrected chi connectivity index (χ3v) is 6.34. The molecular weight excluding hydrogens is 438 g/mol. The molecule has 0 spiro atoms. The molecule has 2 aromatic carbocycles. The first-order valence-corrected chi connectivity index (χ1v) is 11.3. The summed E-state index contributed by atoms with van der Waals surface area (Å²) in [6.07, 6.45) is 1.24. The largest absolute Gasteiger partial charge is 0.474 e. The number of halogens is 1. The molecule has 0 saturated carbocycles. The lowest BCUT2D eigenvalue weighted by Gasteiger charge is -2.20. The van der Waals surface area contributed by atoms with Crippen molar-refractivity contribution in [2.75, 3.05) is 16.7 Å². The van der Waals surface area contributed by atoms with E-state index in [1.165, 1.54) is 35.7 Å². The second-order valence-electron chi connectivity index (χ2n) is 6.97. The molecule has 0 radical (unpaired) electrons. The highest BCUT2D eigenvalue weighted by molar-refractivity contribution is 7.92. The Morgan fingerprint density at radius 1 is 1.10 bits per heavy atom. The number of nitrogens with zero attached hydrogens (tertiary/aromatic N) is 2. The SMILES string of the molecule is CC(C)Oc1ncc(C(=O)Nc2cccc(S(=O)(=O)N(C)c3ccccc3)c2)cc1Cl. The van der Waals surface area contributed by atoms with E-state index in [-0.39, 0.29) is 27.5 Å². The van der Waals surface area contributed by atoms with E-state index in [1.54, 1.807) is 36.4 Å². The van der Waals surface area contributed by atoms with Crippen LogP contribution in [0.4, 0.5) is 11.4 Å². The minimum absolute atomic E-state index is 0.0495. The van der Waals surface area contributed by atoms with Crippen LogP contribution < -0.4 is 14.4 Å². The van der Waals surface area contributed by atoms with Crippen LogP contribution in [0.2, 0.25) is 5.02 Å². The molecule has 3 rings (SSSR count). The normalized spacial score (nSPS) is 11.3. The van der Waals surface area contributed by atoms with Crippen LogP contribution in [-0.4, -0.2) is 32.5 Å². The van der Waals surface area contributed by atoms with Crippen molar-refractivity contribution in [3.63, 3.8) is 0 Å². The van der Waals surface area contributed by atoms with Gasteiger partial charge in [0.2, 0.25) is 5.88 Å². The number of amides is 1. The van der Waals surface area contributed by atoms with Crippen molar-refractivity contribution in [2.24, 2.45) is 0 Å². The Balaban J connectivity index is 1.80. The molecule has 0 aliphatic carbocycles. The van der Waals surface area contributed by atoms with Crippen molar-refractivity contribution in [2.45, 2.75) is 24.8 Å². The molecule has 0 aliphatic heterocycles. The lowest BCUT2D eigenvalue weighted by Crippen LogP contribution is -2.26. The van der Waals surface area contributed by atoms with E-state index >= 15 is 0 Å². The van der Waals surface area contributed by atoms with Gasteiger partial charge >= 0.3 is 0 Å². The van der Waals surface area contributed by atoms with Gasteiger partial charge in [-0.05, 0) is 50.2 Å². The summed E-state index contributed by atoms with van der Waals surface area (Å²) in [6, 6.07) is 16.2. The molecule has 9 heteroatoms. The number of rotatable bonds is 7. The zero-order valence-electron chi connectivity index (χ0n) is 17.2. The van der Waals surface area contributed by atoms with Gasteiger partial charge in [-0.15, -0.1) is 0 Å². The van der Waals surface area contributed by atoms with Crippen LogP contribution in [0, 0.1) is 0 Å². The smallest absolute Gasteiger partial charge is 0.264 e. The Morgan fingerprint density at radius 2 is 1.81 bits per heavy atom. The van der Waals surface area contributed by atoms with Crippen molar-refractivity contribution in [3.05, 3.63) is 77.4 Å². The average Bonchev–Trinajstić information content (AvgIpc) is 2.75. The van der Waals surface area contributed by atoms with Gasteiger partial charge < -0.3 is 10.1 Å². The molecule has 0 aliphatic rings. The minimum atomic E-state index is -3.81. The molecule has 1 amide bonds. The van der Waals surface area contributed by atoms with E-state index in [0.29, 0.717) is 11.4 Å². The molecule has 0 unspecified atom stereocenters. The predicted octanol–water partition coefficient (Wildman–Crippen LogP) is 4.60. The number of aromatic nitrogens is 1. The van der Waals surface area contributed by atoms with Gasteiger partial charge in [-0.3, -0.25) is 9.10 Å². The Labute approximate surface area is 186 Å². The van der Waals surface area contributed by atoms with Crippen LogP contribution >= 0.6 is 11.6 Å². The van der Waals surface area contributed by atoms with Gasteiger partial charge in [-0.1, -0.05) is 35.9 Å². The quantitative estimate of drug-likeness (QED) is 0.557. The number of hydrogen-bond donors (Lipinski definition) is 1. The Hall–Kier alpha value is -3.10. The van der Waals surface area contributed by atoms with E-state index in [1.807, 2.05) is 19.9 Å². The molecule has 1 N–H and O–H groups in total. The minimum Gasteiger partial charge on any atom is -0.474 e. The number of carbonyl (C=O) groups excluding carboxylic acids is 1. The zero-order chi connectivity index (χ0) is 22.6. The maximum absolute atomic E-state index is 13.0. The number of benzene rings is 2. The number of nitrogens with one attached hydrogen (secondary N) is 1. The maximum Gasteiger partial charge on any atom is 0.264 e. The molecular formula is C22H22ClN3O4S. The number of carbonyl (C=O) groups is 1. The van der Waals surface area contributed by atoms with Crippen molar-refractivity contribution >= 4 is 38.9 Å². The van der Waals surface area contributed by atoms with E-state index in [0.717, 1.165) is 0 Å². The molecule has 7 nitrogen and oxygen atoms in total. The van der Waals surface area contributed by atoms with Crippen LogP contribution in [0.3, 0.4) is 0 Å². The first-order valence-electron chi connectivity index (χ1n) is 9.46. The predicted molar refractivity (Wildman–Crippen MR) is 121 cm³/mol. The summed E-state index contributed by atoms with van der Waals surface area (Å²) in [6.45, 7) is 3.68. The number of para-hydroxylation sites is 1. The van der Waals surface area contributed by atoms with Gasteiger partial charge in [0, 0.05) is 18.9 Å². The van der Waals surface area contributed by atoms with Gasteiger partial charge in [-0.25, -0.2) is 13.4 Å². The highest BCUT2D eigenvalue weighted by Crippen LogP contribution is 2.26. The standard InChI is InChI=1S/C22H22ClN3O4S/c1-15(2)30-22-20(23)12-16(14-24-22)21(27)25-17-8-7-11-19(13-17)31(28,29)26(3)18-9-5-4-6-10-18/h4-15H,1-3H3,(H,25,27). The molecule has 162 valence electrons. The lowest BCUT2D eigenvalue weighted by atomic mass is 10.2. The number of ether oxygens (including phenoxy) is 1. The summed E-state index contributed by atoms with van der Waals surface area (Å²) in [5, 5.41) is 2.89. The van der Waals surface area contributed by atoms with E-state index < -0.39 is 15.9 Å². The number of anilines is 2. The first kappa shape index (κ1) is 22.6. The highest BCUT2D eigenvalue weighted by Gasteiger charge is 2.22. The zero-order valence-corrected chi connectivity index (χ0v) is 18.8. The van der Waals surface area contributed by atoms with Crippen LogP contribution in [-0.2, 0) is 10.0 Å². The second-order valence-corrected chi connectivity index (χ2v) is 9.34. The summed E-state index contributed by atoms with van der Waals surface area (Å²) in [4.78, 5) is 16.7. The van der Waals surface area contributed by atoms with Crippen molar-refractivity contribution in [3.8, 4) is 5.88 Å². The van der Waals surface area contributed by atoms with Crippen molar-refractivity contribution in [1.29, 1.82) is 0 Å². The molecule has 0 fully saturated rings. The fraction of sp³-hybridized carbons (Fsp3) is 0.182. The molecule has 0 bridgehead atoms. The molecule has 3 aromatic rings. The molecule has 31 heavy (non-hydrogen) atoms. The van der Waals surface area contributed by atoms with Gasteiger partial charge in [0.1, 0.15) is 5.02 Å². The Kier molecular flexibility index (Phi) is 6.82. The maximum atomic E-state index is 13.0. The third kappa shape index (κ3) is 5.34. The number of hydrogen-bond acceptors (Lipinski definition) is 5. The van der Waals surface area contributed by atoms with Gasteiger partial charge in [0.25, 0.3) is 15.9 Å². The van der Waals surface area contributed by atoms with Crippen LogP contribution in [0.1, 0.15) is 24.2 Å². The van der Waals surface area contributed by atoms with Gasteiger partial charge in [-0.2, -0.15) is 0 Å². The Bertz CT molecular complexity index is 1180. The monoisotopic (exact) mass is 459 g/mol. The summed E-state index contributed by atoms with van der Waals surface area (Å²) < 4.78 is 32.6. The van der Waals surface area contributed by atoms with Gasteiger partial charge in [0.15, 0.2) is 0 Å². The van der Waals surface area contributed by atoms with Crippen molar-refractivity contribution in [1.82, 2.24) is 4.98 Å². The van der Waals surface area contributed by atoms with E-state index in [2.05, 4.69) is 10.3 Å². The molecule has 0 saturated heterocycles. The molecule has 1 aromatic heterocycles. The van der Waals surface area contributed by atoms with E-state index in [9.17, 15) is 13.2 Å². The average molecular weight is 460 g/mol. The van der Waals surface area contributed by atoms with Gasteiger partial charge in [0.05, 0.1) is 22.3 Å². The van der Waals surface area contributed by atoms with E-state index in [4.69, 9.17) is 16.3 Å². The fourth-order valence-corrected chi connectivity index (χ4v) is 4.18. The summed E-state index contributed by atoms with van der Waals surface area (Å²) in [7, 11) is -2.33. The summed E-state index contributed by atoms with van der Waals surface area (Å²) in [5.74, 6) is -0.235. The van der Waals surface area contributed by atoms with Crippen LogP contribution in [0.5, 0.6) is 5.88 Å². The second kappa shape index (κ2) is 9.36. The first-order chi connectivity index (χ1) is 14.7. The lowest BCUT2D eigenvalue weighted by molar-refractivity contribution is 0.102. The highest BCUT2D eigenvalue weighted by atomic mass is 35.5. The van der Waals surface area contributed by atoms with Crippen molar-refractivity contribution < 1.29 is 17.9 Å². The molecule has 0 atom stereocenters. The fourth-order valence-electron chi connectivity index (χ4n) is 2.73. The van der Waals surface area contributed by atoms with Crippen LogP contribution in [0.15, 0.2) is 71.8 Å². The number of pyridine rings is 1. The Morgan fingerprint density at radius 3 is 2.45 bits per heavy atom. The third-order valence-electron chi connectivity index (χ3n) is 4.29. The van der Waals surface area contributed by atoms with Crippen LogP contribution in [0.25, 0.3) is 0 Å². The summed E-state index contributed by atoms with van der Waals surface area (Å²) in [5.41, 5.74) is 1.07. The summed E-state index contributed by atoms with van der Waals surface area (Å²) >= 11 is 6.15. The topological polar surface area (TPSA) is 88.6 Å². The molecule has 1 heterocycles.